The Bertz CT molecular complexity index is 573. The van der Waals surface area contributed by atoms with E-state index < -0.39 is 0 Å². The Morgan fingerprint density at radius 3 is 3.00 bits per heavy atom. The number of imidazole rings is 1. The van der Waals surface area contributed by atoms with Crippen LogP contribution in [0.1, 0.15) is 13.3 Å². The normalized spacial score (nSPS) is 13.1. The maximum absolute atomic E-state index is 6.02. The number of nitrogens with zero attached hydrogens (tertiary/aromatic N) is 1. The molecule has 0 saturated carbocycles. The second-order valence-electron chi connectivity index (χ2n) is 4.08. The molecule has 0 bridgehead atoms. The maximum atomic E-state index is 6.02. The summed E-state index contributed by atoms with van der Waals surface area (Å²) in [7, 11) is 0. The Hall–Kier alpha value is -0.450. The number of nitrogens with one attached hydrogen (secondary N) is 1. The lowest BCUT2D eigenvalue weighted by Gasteiger charge is -2.09. The lowest BCUT2D eigenvalue weighted by atomic mass is 10.3. The van der Waals surface area contributed by atoms with Crippen LogP contribution in [0.25, 0.3) is 11.0 Å². The van der Waals surface area contributed by atoms with Gasteiger partial charge in [0.05, 0.1) is 11.0 Å². The fourth-order valence-electron chi connectivity index (χ4n) is 1.78. The van der Waals surface area contributed by atoms with Gasteiger partial charge in [-0.15, -0.1) is 0 Å². The van der Waals surface area contributed by atoms with Crippen LogP contribution in [-0.4, -0.2) is 21.1 Å². The molecule has 2 nitrogen and oxygen atoms in total. The molecule has 92 valence electrons. The molecule has 0 fully saturated rings. The van der Waals surface area contributed by atoms with E-state index in [1.54, 1.807) is 0 Å². The molecule has 1 unspecified atom stereocenters. The van der Waals surface area contributed by atoms with Crippen molar-refractivity contribution in [2.45, 2.75) is 25.1 Å². The smallest absolute Gasteiger partial charge is 0.178 e. The standard InChI is InChI=1S/C12H15ClN2S2/c1-8(17-2)5-6-15-11-7-9(13)3-4-10(11)14-12(15)16/h3-4,7-8H,5-6H2,1-2H3,(H,14,16). The van der Waals surface area contributed by atoms with Gasteiger partial charge in [-0.2, -0.15) is 11.8 Å². The average Bonchev–Trinajstić information content (AvgIpc) is 2.61. The second kappa shape index (κ2) is 5.46. The van der Waals surface area contributed by atoms with Crippen molar-refractivity contribution < 1.29 is 0 Å². The van der Waals surface area contributed by atoms with Gasteiger partial charge in [0, 0.05) is 16.8 Å². The van der Waals surface area contributed by atoms with Crippen LogP contribution in [0.2, 0.25) is 5.02 Å². The van der Waals surface area contributed by atoms with E-state index in [9.17, 15) is 0 Å². The molecule has 1 N–H and O–H groups in total. The molecule has 1 aromatic heterocycles. The minimum atomic E-state index is 0.640. The lowest BCUT2D eigenvalue weighted by Crippen LogP contribution is -2.04. The summed E-state index contributed by atoms with van der Waals surface area (Å²) < 4.78 is 2.90. The van der Waals surface area contributed by atoms with Crippen molar-refractivity contribution in [2.24, 2.45) is 0 Å². The number of hydrogen-bond donors (Lipinski definition) is 1. The highest BCUT2D eigenvalue weighted by Crippen LogP contribution is 2.20. The van der Waals surface area contributed by atoms with E-state index >= 15 is 0 Å². The number of thioether (sulfide) groups is 1. The van der Waals surface area contributed by atoms with Crippen LogP contribution in [0.15, 0.2) is 18.2 Å². The average molecular weight is 287 g/mol. The molecule has 1 aromatic carbocycles. The van der Waals surface area contributed by atoms with Gasteiger partial charge in [-0.1, -0.05) is 18.5 Å². The summed E-state index contributed by atoms with van der Waals surface area (Å²) in [6.45, 7) is 3.16. The van der Waals surface area contributed by atoms with Gasteiger partial charge >= 0.3 is 0 Å². The summed E-state index contributed by atoms with van der Waals surface area (Å²) in [4.78, 5) is 3.21. The molecule has 2 rings (SSSR count). The van der Waals surface area contributed by atoms with Crippen LogP contribution in [-0.2, 0) is 6.54 Å². The molecular formula is C12H15ClN2S2. The zero-order valence-corrected chi connectivity index (χ0v) is 12.3. The summed E-state index contributed by atoms with van der Waals surface area (Å²) in [6, 6.07) is 5.82. The van der Waals surface area contributed by atoms with Crippen molar-refractivity contribution in [3.8, 4) is 0 Å². The number of benzene rings is 1. The van der Waals surface area contributed by atoms with Crippen LogP contribution in [0, 0.1) is 4.77 Å². The molecule has 0 aliphatic heterocycles. The third-order valence-corrected chi connectivity index (χ3v) is 4.50. The first-order valence-electron chi connectivity index (χ1n) is 5.52. The minimum absolute atomic E-state index is 0.640. The summed E-state index contributed by atoms with van der Waals surface area (Å²) in [5, 5.41) is 1.39. The predicted molar refractivity (Wildman–Crippen MR) is 79.7 cm³/mol. The van der Waals surface area contributed by atoms with Gasteiger partial charge in [0.25, 0.3) is 0 Å². The van der Waals surface area contributed by atoms with Crippen LogP contribution < -0.4 is 0 Å². The Kier molecular flexibility index (Phi) is 4.17. The Morgan fingerprint density at radius 2 is 2.29 bits per heavy atom. The van der Waals surface area contributed by atoms with E-state index in [0.29, 0.717) is 5.25 Å². The Morgan fingerprint density at radius 1 is 1.53 bits per heavy atom. The Balaban J connectivity index is 2.35. The highest BCUT2D eigenvalue weighted by molar-refractivity contribution is 7.99. The zero-order chi connectivity index (χ0) is 12.4. The van der Waals surface area contributed by atoms with Crippen molar-refractivity contribution in [1.82, 2.24) is 9.55 Å². The third-order valence-electron chi connectivity index (χ3n) is 2.90. The quantitative estimate of drug-likeness (QED) is 0.836. The first-order valence-corrected chi connectivity index (χ1v) is 7.60. The number of halogens is 1. The summed E-state index contributed by atoms with van der Waals surface area (Å²) in [5.74, 6) is 0. The van der Waals surface area contributed by atoms with E-state index in [0.717, 1.165) is 33.8 Å². The number of aromatic nitrogens is 2. The molecule has 1 heterocycles. The van der Waals surface area contributed by atoms with Crippen molar-refractivity contribution in [1.29, 1.82) is 0 Å². The highest BCUT2D eigenvalue weighted by Gasteiger charge is 2.06. The molecule has 0 spiro atoms. The Labute approximate surface area is 115 Å². The summed E-state index contributed by atoms with van der Waals surface area (Å²) in [6.07, 6.45) is 3.24. The van der Waals surface area contributed by atoms with E-state index in [1.165, 1.54) is 0 Å². The molecule has 0 aliphatic carbocycles. The lowest BCUT2D eigenvalue weighted by molar-refractivity contribution is 0.648. The van der Waals surface area contributed by atoms with E-state index in [-0.39, 0.29) is 0 Å². The first-order chi connectivity index (χ1) is 8.11. The molecule has 0 aliphatic rings. The van der Waals surface area contributed by atoms with Crippen molar-refractivity contribution in [2.75, 3.05) is 6.26 Å². The van der Waals surface area contributed by atoms with Gasteiger partial charge in [0.1, 0.15) is 0 Å². The van der Waals surface area contributed by atoms with Crippen LogP contribution in [0.5, 0.6) is 0 Å². The molecule has 17 heavy (non-hydrogen) atoms. The molecule has 0 amide bonds. The molecule has 0 radical (unpaired) electrons. The predicted octanol–water partition coefficient (Wildman–Crippen LogP) is 4.49. The van der Waals surface area contributed by atoms with Gasteiger partial charge in [-0.05, 0) is 43.1 Å². The van der Waals surface area contributed by atoms with Crippen molar-refractivity contribution in [3.63, 3.8) is 0 Å². The van der Waals surface area contributed by atoms with Crippen LogP contribution in [0.3, 0.4) is 0 Å². The number of hydrogen-bond acceptors (Lipinski definition) is 2. The van der Waals surface area contributed by atoms with Gasteiger partial charge < -0.3 is 9.55 Å². The minimum Gasteiger partial charge on any atom is -0.331 e. The van der Waals surface area contributed by atoms with Crippen LogP contribution in [0.4, 0.5) is 0 Å². The van der Waals surface area contributed by atoms with Crippen LogP contribution >= 0.6 is 35.6 Å². The largest absolute Gasteiger partial charge is 0.331 e. The highest BCUT2D eigenvalue weighted by atomic mass is 35.5. The number of aryl methyl sites for hydroxylation is 1. The van der Waals surface area contributed by atoms with E-state index in [2.05, 4.69) is 22.7 Å². The zero-order valence-electron chi connectivity index (χ0n) is 9.87. The SMILES string of the molecule is CSC(C)CCn1c(=S)[nH]c2ccc(Cl)cc21. The van der Waals surface area contributed by atoms with Gasteiger partial charge in [0.15, 0.2) is 4.77 Å². The van der Waals surface area contributed by atoms with Gasteiger partial charge in [0.2, 0.25) is 0 Å². The molecular weight excluding hydrogens is 272 g/mol. The molecule has 1 atom stereocenters. The number of rotatable bonds is 4. The fraction of sp³-hybridized carbons (Fsp3) is 0.417. The molecule has 5 heteroatoms. The summed E-state index contributed by atoms with van der Waals surface area (Å²) in [5.41, 5.74) is 2.15. The number of H-pyrrole nitrogens is 1. The van der Waals surface area contributed by atoms with Crippen molar-refractivity contribution in [3.05, 3.63) is 28.0 Å². The number of fused-ring (bicyclic) bond motifs is 1. The van der Waals surface area contributed by atoms with Gasteiger partial charge in [-0.3, -0.25) is 0 Å². The molecule has 0 saturated heterocycles. The fourth-order valence-corrected chi connectivity index (χ4v) is 2.58. The van der Waals surface area contributed by atoms with E-state index in [4.69, 9.17) is 23.8 Å². The number of aromatic amines is 1. The van der Waals surface area contributed by atoms with Gasteiger partial charge in [-0.25, -0.2) is 0 Å². The van der Waals surface area contributed by atoms with E-state index in [1.807, 2.05) is 30.0 Å². The van der Waals surface area contributed by atoms with Crippen molar-refractivity contribution >= 4 is 46.6 Å². The second-order valence-corrected chi connectivity index (χ2v) is 6.18. The third kappa shape index (κ3) is 2.87. The maximum Gasteiger partial charge on any atom is 0.178 e. The monoisotopic (exact) mass is 286 g/mol. The first kappa shape index (κ1) is 13.0. The molecule has 2 aromatic rings. The summed E-state index contributed by atoms with van der Waals surface area (Å²) >= 11 is 13.2. The topological polar surface area (TPSA) is 20.7 Å².